The number of cyclic esters (lactones) is 1. The highest BCUT2D eigenvalue weighted by Gasteiger charge is 2.40. The molecule has 1 aliphatic rings. The Morgan fingerprint density at radius 2 is 1.86 bits per heavy atom. The van der Waals surface area contributed by atoms with Gasteiger partial charge in [0.2, 0.25) is 0 Å². The Hall–Kier alpha value is -0.873. The van der Waals surface area contributed by atoms with Gasteiger partial charge in [0.15, 0.2) is 8.32 Å². The number of rotatable bonds is 9. The summed E-state index contributed by atoms with van der Waals surface area (Å²) in [4.78, 5) is 12.6. The van der Waals surface area contributed by atoms with Gasteiger partial charge in [-0.25, -0.2) is 0 Å². The molecule has 1 unspecified atom stereocenters. The van der Waals surface area contributed by atoms with Gasteiger partial charge in [-0.3, -0.25) is 4.79 Å². The highest BCUT2D eigenvalue weighted by Crippen LogP contribution is 2.37. The Kier molecular flexibility index (Phi) is 9.68. The van der Waals surface area contributed by atoms with Crippen molar-refractivity contribution < 1.29 is 14.0 Å². The third-order valence-electron chi connectivity index (χ3n) is 6.65. The van der Waals surface area contributed by atoms with E-state index in [1.165, 1.54) is 11.1 Å². The number of hydrogen-bond donors (Lipinski definition) is 0. The van der Waals surface area contributed by atoms with E-state index in [1.807, 2.05) is 0 Å². The second-order valence-electron chi connectivity index (χ2n) is 10.2. The highest BCUT2D eigenvalue weighted by molar-refractivity contribution is 6.74. The standard InChI is InChI=1S/C24H44O3Si/c1-10-18(2)12-11-13-19(3)14-15-22-20(4)16-21(27-23(22)25)17-26-28(8,9)24(5,6)7/h12,14,20-22H,10-11,13,15-17H2,1-9H3/b18-12+,19-14+/t20-,21-,22?/m0/s1. The molecule has 0 radical (unpaired) electrons. The number of hydrogen-bond acceptors (Lipinski definition) is 3. The number of ether oxygens (including phenoxy) is 1. The molecular formula is C24H44O3Si. The van der Waals surface area contributed by atoms with Gasteiger partial charge >= 0.3 is 5.97 Å². The molecule has 0 N–H and O–H groups in total. The lowest BCUT2D eigenvalue weighted by Crippen LogP contribution is -2.45. The summed E-state index contributed by atoms with van der Waals surface area (Å²) in [5, 5.41) is 0.174. The van der Waals surface area contributed by atoms with Gasteiger partial charge in [0.25, 0.3) is 0 Å². The average Bonchev–Trinajstić information content (AvgIpc) is 2.58. The molecule has 162 valence electrons. The maximum absolute atomic E-state index is 12.6. The van der Waals surface area contributed by atoms with E-state index in [0.717, 1.165) is 32.1 Å². The molecule has 1 saturated heterocycles. The first-order valence-electron chi connectivity index (χ1n) is 11.0. The van der Waals surface area contributed by atoms with Crippen LogP contribution in [-0.4, -0.2) is 27.0 Å². The Morgan fingerprint density at radius 3 is 2.39 bits per heavy atom. The SMILES string of the molecule is CC/C(C)=C/CC/C(C)=C/CC1C(=O)O[C@H](CO[Si](C)(C)C(C)(C)C)C[C@@H]1C. The molecule has 28 heavy (non-hydrogen) atoms. The van der Waals surface area contributed by atoms with Crippen LogP contribution < -0.4 is 0 Å². The average molecular weight is 409 g/mol. The van der Waals surface area contributed by atoms with Crippen molar-refractivity contribution in [3.05, 3.63) is 23.3 Å². The van der Waals surface area contributed by atoms with Crippen LogP contribution in [0.25, 0.3) is 0 Å². The molecule has 0 aromatic rings. The molecule has 1 heterocycles. The minimum atomic E-state index is -1.81. The van der Waals surface area contributed by atoms with Crippen LogP contribution in [0.3, 0.4) is 0 Å². The number of carbonyl (C=O) groups is 1. The lowest BCUT2D eigenvalue weighted by Gasteiger charge is -2.39. The first-order valence-corrected chi connectivity index (χ1v) is 13.9. The van der Waals surface area contributed by atoms with Gasteiger partial charge in [0, 0.05) is 0 Å². The van der Waals surface area contributed by atoms with Crippen molar-refractivity contribution in [3.8, 4) is 0 Å². The maximum Gasteiger partial charge on any atom is 0.309 e. The van der Waals surface area contributed by atoms with Gasteiger partial charge < -0.3 is 9.16 Å². The zero-order valence-corrected chi connectivity index (χ0v) is 20.9. The van der Waals surface area contributed by atoms with E-state index >= 15 is 0 Å². The normalized spacial score (nSPS) is 25.0. The third-order valence-corrected chi connectivity index (χ3v) is 11.2. The lowest BCUT2D eigenvalue weighted by molar-refractivity contribution is -0.166. The van der Waals surface area contributed by atoms with E-state index in [-0.39, 0.29) is 23.0 Å². The molecule has 3 atom stereocenters. The van der Waals surface area contributed by atoms with Crippen LogP contribution in [0.5, 0.6) is 0 Å². The summed E-state index contributed by atoms with van der Waals surface area (Å²) in [7, 11) is -1.81. The van der Waals surface area contributed by atoms with Crippen molar-refractivity contribution in [2.75, 3.05) is 6.61 Å². The summed E-state index contributed by atoms with van der Waals surface area (Å²) in [6.07, 6.45) is 9.42. The van der Waals surface area contributed by atoms with E-state index in [0.29, 0.717) is 12.5 Å². The highest BCUT2D eigenvalue weighted by atomic mass is 28.4. The summed E-state index contributed by atoms with van der Waals surface area (Å²) in [6, 6.07) is 0. The topological polar surface area (TPSA) is 35.5 Å². The molecule has 0 saturated carbocycles. The molecule has 1 aliphatic heterocycles. The Bertz CT molecular complexity index is 569. The number of allylic oxidation sites excluding steroid dienone is 4. The molecule has 0 aliphatic carbocycles. The van der Waals surface area contributed by atoms with Crippen LogP contribution in [-0.2, 0) is 14.0 Å². The monoisotopic (exact) mass is 408 g/mol. The fraction of sp³-hybridized carbons (Fsp3) is 0.792. The minimum absolute atomic E-state index is 0.0213. The molecule has 0 bridgehead atoms. The van der Waals surface area contributed by atoms with Crippen molar-refractivity contribution in [2.24, 2.45) is 11.8 Å². The first kappa shape index (κ1) is 25.2. The van der Waals surface area contributed by atoms with Crippen molar-refractivity contribution in [3.63, 3.8) is 0 Å². The van der Waals surface area contributed by atoms with Crippen molar-refractivity contribution in [1.82, 2.24) is 0 Å². The maximum atomic E-state index is 12.6. The van der Waals surface area contributed by atoms with E-state index < -0.39 is 8.32 Å². The predicted octanol–water partition coefficient (Wildman–Crippen LogP) is 7.05. The molecular weight excluding hydrogens is 364 g/mol. The minimum Gasteiger partial charge on any atom is -0.460 e. The van der Waals surface area contributed by atoms with E-state index in [4.69, 9.17) is 9.16 Å². The molecule has 0 aromatic heterocycles. The Morgan fingerprint density at radius 1 is 1.21 bits per heavy atom. The quantitative estimate of drug-likeness (QED) is 0.233. The van der Waals surface area contributed by atoms with Crippen molar-refractivity contribution in [2.45, 2.75) is 105 Å². The molecule has 1 rings (SSSR count). The van der Waals surface area contributed by atoms with Crippen LogP contribution in [0.1, 0.15) is 80.6 Å². The van der Waals surface area contributed by atoms with Crippen molar-refractivity contribution in [1.29, 1.82) is 0 Å². The molecule has 3 nitrogen and oxygen atoms in total. The van der Waals surface area contributed by atoms with Gasteiger partial charge in [-0.1, -0.05) is 57.9 Å². The summed E-state index contributed by atoms with van der Waals surface area (Å²) in [5.41, 5.74) is 2.81. The summed E-state index contributed by atoms with van der Waals surface area (Å²) in [5.74, 6) is 0.265. The van der Waals surface area contributed by atoms with Crippen LogP contribution in [0, 0.1) is 11.8 Å². The first-order chi connectivity index (χ1) is 12.9. The van der Waals surface area contributed by atoms with Crippen LogP contribution in [0.15, 0.2) is 23.3 Å². The molecule has 4 heteroatoms. The molecule has 0 aromatic carbocycles. The Labute approximate surface area is 175 Å². The summed E-state index contributed by atoms with van der Waals surface area (Å²) < 4.78 is 12.0. The largest absolute Gasteiger partial charge is 0.460 e. The second kappa shape index (κ2) is 10.8. The fourth-order valence-electron chi connectivity index (χ4n) is 3.18. The van der Waals surface area contributed by atoms with Gasteiger partial charge in [0.1, 0.15) is 6.10 Å². The molecule has 0 spiro atoms. The molecule has 0 amide bonds. The van der Waals surface area contributed by atoms with Crippen LogP contribution in [0.4, 0.5) is 0 Å². The number of carbonyl (C=O) groups excluding carboxylic acids is 1. The van der Waals surface area contributed by atoms with Crippen LogP contribution in [0.2, 0.25) is 18.1 Å². The molecule has 1 fully saturated rings. The van der Waals surface area contributed by atoms with Gasteiger partial charge in [-0.2, -0.15) is 0 Å². The lowest BCUT2D eigenvalue weighted by atomic mass is 9.84. The summed E-state index contributed by atoms with van der Waals surface area (Å²) >= 11 is 0. The van der Waals surface area contributed by atoms with Crippen LogP contribution >= 0.6 is 0 Å². The van der Waals surface area contributed by atoms with E-state index in [9.17, 15) is 4.79 Å². The van der Waals surface area contributed by atoms with Gasteiger partial charge in [-0.15, -0.1) is 0 Å². The third kappa shape index (κ3) is 7.86. The fourth-order valence-corrected chi connectivity index (χ4v) is 4.22. The van der Waals surface area contributed by atoms with Gasteiger partial charge in [-0.05, 0) is 70.0 Å². The Balaban J connectivity index is 2.53. The number of esters is 1. The zero-order chi connectivity index (χ0) is 21.5. The zero-order valence-electron chi connectivity index (χ0n) is 19.9. The van der Waals surface area contributed by atoms with Crippen molar-refractivity contribution >= 4 is 14.3 Å². The summed E-state index contributed by atoms with van der Waals surface area (Å²) in [6.45, 7) is 20.5. The predicted molar refractivity (Wildman–Crippen MR) is 122 cm³/mol. The smallest absolute Gasteiger partial charge is 0.309 e. The van der Waals surface area contributed by atoms with E-state index in [1.54, 1.807) is 0 Å². The van der Waals surface area contributed by atoms with Gasteiger partial charge in [0.05, 0.1) is 12.5 Å². The van der Waals surface area contributed by atoms with E-state index in [2.05, 4.69) is 73.7 Å². The second-order valence-corrected chi connectivity index (χ2v) is 15.0.